The van der Waals surface area contributed by atoms with Gasteiger partial charge in [0.1, 0.15) is 11.6 Å². The maximum Gasteiger partial charge on any atom is 0.207 e. The van der Waals surface area contributed by atoms with E-state index in [4.69, 9.17) is 0 Å². The van der Waals surface area contributed by atoms with Crippen LogP contribution < -0.4 is 5.32 Å². The van der Waals surface area contributed by atoms with Crippen molar-refractivity contribution in [3.8, 4) is 0 Å². The second kappa shape index (κ2) is 3.68. The summed E-state index contributed by atoms with van der Waals surface area (Å²) in [7, 11) is 1.76. The molecule has 3 nitrogen and oxygen atoms in total. The van der Waals surface area contributed by atoms with Gasteiger partial charge in [0.05, 0.1) is 5.69 Å². The SMILES string of the molecule is Cn1ccnc1Nc1cc(F)ccc1F. The van der Waals surface area contributed by atoms with Gasteiger partial charge >= 0.3 is 0 Å². The molecule has 0 radical (unpaired) electrons. The van der Waals surface area contributed by atoms with Crippen LogP contribution in [0.5, 0.6) is 0 Å². The molecule has 0 saturated heterocycles. The quantitative estimate of drug-likeness (QED) is 0.823. The Labute approximate surface area is 85.4 Å². The Balaban J connectivity index is 2.32. The van der Waals surface area contributed by atoms with Crippen molar-refractivity contribution in [3.05, 3.63) is 42.2 Å². The lowest BCUT2D eigenvalue weighted by atomic mass is 10.3. The van der Waals surface area contributed by atoms with Crippen LogP contribution in [-0.4, -0.2) is 9.55 Å². The molecule has 0 aliphatic heterocycles. The number of nitrogens with one attached hydrogen (secondary N) is 1. The number of hydrogen-bond donors (Lipinski definition) is 1. The first-order chi connectivity index (χ1) is 7.16. The number of hydrogen-bond acceptors (Lipinski definition) is 2. The van der Waals surface area contributed by atoms with Crippen molar-refractivity contribution in [2.45, 2.75) is 0 Å². The Morgan fingerprint density at radius 2 is 2.13 bits per heavy atom. The summed E-state index contributed by atoms with van der Waals surface area (Å²) in [4.78, 5) is 3.94. The largest absolute Gasteiger partial charge is 0.323 e. The van der Waals surface area contributed by atoms with Crippen molar-refractivity contribution in [1.29, 1.82) is 0 Å². The summed E-state index contributed by atoms with van der Waals surface area (Å²) >= 11 is 0. The van der Waals surface area contributed by atoms with Crippen LogP contribution in [0.3, 0.4) is 0 Å². The van der Waals surface area contributed by atoms with E-state index in [-0.39, 0.29) is 5.69 Å². The van der Waals surface area contributed by atoms with Crippen LogP contribution in [0.25, 0.3) is 0 Å². The van der Waals surface area contributed by atoms with E-state index in [1.54, 1.807) is 24.0 Å². The van der Waals surface area contributed by atoms with Gasteiger partial charge in [-0.1, -0.05) is 0 Å². The van der Waals surface area contributed by atoms with Crippen molar-refractivity contribution < 1.29 is 8.78 Å². The smallest absolute Gasteiger partial charge is 0.207 e. The fourth-order valence-corrected chi connectivity index (χ4v) is 1.20. The molecule has 1 N–H and O–H groups in total. The Morgan fingerprint density at radius 1 is 1.33 bits per heavy atom. The maximum atomic E-state index is 13.2. The lowest BCUT2D eigenvalue weighted by Crippen LogP contribution is -2.00. The van der Waals surface area contributed by atoms with Gasteiger partial charge in [0, 0.05) is 25.5 Å². The molecule has 0 spiro atoms. The van der Waals surface area contributed by atoms with E-state index in [1.807, 2.05) is 0 Å². The van der Waals surface area contributed by atoms with E-state index in [1.165, 1.54) is 0 Å². The summed E-state index contributed by atoms with van der Waals surface area (Å²) < 4.78 is 27.7. The van der Waals surface area contributed by atoms with Gasteiger partial charge in [-0.3, -0.25) is 0 Å². The number of rotatable bonds is 2. The van der Waals surface area contributed by atoms with E-state index in [9.17, 15) is 8.78 Å². The van der Waals surface area contributed by atoms with Crippen molar-refractivity contribution in [2.24, 2.45) is 7.05 Å². The molecule has 1 heterocycles. The molecule has 0 aliphatic carbocycles. The van der Waals surface area contributed by atoms with Gasteiger partial charge in [-0.2, -0.15) is 0 Å². The molecule has 0 atom stereocenters. The fourth-order valence-electron chi connectivity index (χ4n) is 1.20. The first kappa shape index (κ1) is 9.64. The van der Waals surface area contributed by atoms with Gasteiger partial charge in [0.25, 0.3) is 0 Å². The summed E-state index contributed by atoms with van der Waals surface area (Å²) in [5.74, 6) is -0.549. The number of aromatic nitrogens is 2. The number of imidazole rings is 1. The van der Waals surface area contributed by atoms with Gasteiger partial charge in [-0.05, 0) is 12.1 Å². The van der Waals surface area contributed by atoms with Gasteiger partial charge < -0.3 is 9.88 Å². The third kappa shape index (κ3) is 1.96. The zero-order valence-electron chi connectivity index (χ0n) is 8.04. The number of nitrogens with zero attached hydrogens (tertiary/aromatic N) is 2. The van der Waals surface area contributed by atoms with E-state index < -0.39 is 11.6 Å². The van der Waals surface area contributed by atoms with Crippen molar-refractivity contribution in [1.82, 2.24) is 9.55 Å². The first-order valence-electron chi connectivity index (χ1n) is 4.36. The van der Waals surface area contributed by atoms with Crippen LogP contribution in [0.4, 0.5) is 20.4 Å². The summed E-state index contributed by atoms with van der Waals surface area (Å²) in [5.41, 5.74) is 0.0734. The molecule has 0 unspecified atom stereocenters. The van der Waals surface area contributed by atoms with Gasteiger partial charge in [-0.15, -0.1) is 0 Å². The average molecular weight is 209 g/mol. The van der Waals surface area contributed by atoms with E-state index >= 15 is 0 Å². The number of benzene rings is 1. The standard InChI is InChI=1S/C10H9F2N3/c1-15-5-4-13-10(15)14-9-6-7(11)2-3-8(9)12/h2-6H,1H3,(H,13,14). The molecule has 2 rings (SSSR count). The lowest BCUT2D eigenvalue weighted by molar-refractivity contribution is 0.603. The highest BCUT2D eigenvalue weighted by Crippen LogP contribution is 2.19. The predicted molar refractivity (Wildman–Crippen MR) is 52.8 cm³/mol. The molecule has 0 amide bonds. The first-order valence-corrected chi connectivity index (χ1v) is 4.36. The van der Waals surface area contributed by atoms with E-state index in [0.717, 1.165) is 18.2 Å². The fraction of sp³-hybridized carbons (Fsp3) is 0.100. The van der Waals surface area contributed by atoms with Crippen molar-refractivity contribution >= 4 is 11.6 Å². The normalized spacial score (nSPS) is 10.3. The monoisotopic (exact) mass is 209 g/mol. The summed E-state index contributed by atoms with van der Waals surface area (Å²) in [6.07, 6.45) is 3.28. The molecule has 0 bridgehead atoms. The highest BCUT2D eigenvalue weighted by molar-refractivity contribution is 5.54. The highest BCUT2D eigenvalue weighted by atomic mass is 19.1. The third-order valence-corrected chi connectivity index (χ3v) is 2.00. The number of anilines is 2. The van der Waals surface area contributed by atoms with E-state index in [0.29, 0.717) is 5.95 Å². The van der Waals surface area contributed by atoms with E-state index in [2.05, 4.69) is 10.3 Å². The topological polar surface area (TPSA) is 29.9 Å². The van der Waals surface area contributed by atoms with Crippen LogP contribution in [0.1, 0.15) is 0 Å². The zero-order chi connectivity index (χ0) is 10.8. The predicted octanol–water partition coefficient (Wildman–Crippen LogP) is 2.44. The second-order valence-electron chi connectivity index (χ2n) is 3.11. The van der Waals surface area contributed by atoms with Crippen LogP contribution in [0.15, 0.2) is 30.6 Å². The highest BCUT2D eigenvalue weighted by Gasteiger charge is 2.06. The third-order valence-electron chi connectivity index (χ3n) is 2.00. The molecule has 2 aromatic rings. The van der Waals surface area contributed by atoms with Crippen LogP contribution >= 0.6 is 0 Å². The summed E-state index contributed by atoms with van der Waals surface area (Å²) in [5, 5.41) is 2.70. The number of halogens is 2. The molecule has 78 valence electrons. The number of aryl methyl sites for hydroxylation is 1. The Bertz CT molecular complexity index is 479. The molecule has 15 heavy (non-hydrogen) atoms. The van der Waals surface area contributed by atoms with Gasteiger partial charge in [0.15, 0.2) is 0 Å². The Kier molecular flexibility index (Phi) is 2.37. The zero-order valence-corrected chi connectivity index (χ0v) is 8.04. The molecular weight excluding hydrogens is 200 g/mol. The van der Waals surface area contributed by atoms with Crippen LogP contribution in [0.2, 0.25) is 0 Å². The Morgan fingerprint density at radius 3 is 2.80 bits per heavy atom. The summed E-state index contributed by atoms with van der Waals surface area (Å²) in [6.45, 7) is 0. The average Bonchev–Trinajstić information content (AvgIpc) is 2.58. The lowest BCUT2D eigenvalue weighted by Gasteiger charge is -2.06. The molecule has 5 heteroatoms. The minimum absolute atomic E-state index is 0.0734. The van der Waals surface area contributed by atoms with Crippen LogP contribution in [0, 0.1) is 11.6 Å². The molecule has 1 aromatic carbocycles. The van der Waals surface area contributed by atoms with Crippen molar-refractivity contribution in [3.63, 3.8) is 0 Å². The molecule has 0 fully saturated rings. The maximum absolute atomic E-state index is 13.2. The van der Waals surface area contributed by atoms with Crippen molar-refractivity contribution in [2.75, 3.05) is 5.32 Å². The second-order valence-corrected chi connectivity index (χ2v) is 3.11. The Hall–Kier alpha value is -1.91. The minimum atomic E-state index is -0.514. The molecular formula is C10H9F2N3. The summed E-state index contributed by atoms with van der Waals surface area (Å²) in [6, 6.07) is 3.23. The molecule has 1 aromatic heterocycles. The van der Waals surface area contributed by atoms with Gasteiger partial charge in [0.2, 0.25) is 5.95 Å². The molecule has 0 aliphatic rings. The van der Waals surface area contributed by atoms with Crippen LogP contribution in [-0.2, 0) is 7.05 Å². The molecule has 0 saturated carbocycles. The minimum Gasteiger partial charge on any atom is -0.323 e. The van der Waals surface area contributed by atoms with Gasteiger partial charge in [-0.25, -0.2) is 13.8 Å².